The number of carboxylic acids is 1. The average molecular weight is 366 g/mol. The summed E-state index contributed by atoms with van der Waals surface area (Å²) >= 11 is 0. The van der Waals surface area contributed by atoms with Gasteiger partial charge in [-0.3, -0.25) is 9.59 Å². The lowest BCUT2D eigenvalue weighted by atomic mass is 10.1. The fourth-order valence-electron chi connectivity index (χ4n) is 2.09. The van der Waals surface area contributed by atoms with Crippen molar-refractivity contribution in [1.29, 1.82) is 0 Å². The van der Waals surface area contributed by atoms with Gasteiger partial charge in [-0.05, 0) is 29.8 Å². The molecule has 0 heterocycles. The van der Waals surface area contributed by atoms with Crippen molar-refractivity contribution in [2.75, 3.05) is 0 Å². The van der Waals surface area contributed by atoms with E-state index in [1.165, 1.54) is 36.4 Å². The number of Topliss-reactive ketones (excluding diaryl/α,β-unsaturated/α-hetero) is 2. The predicted molar refractivity (Wildman–Crippen MR) is 83.8 cm³/mol. The Morgan fingerprint density at radius 3 is 2.35 bits per heavy atom. The van der Waals surface area contributed by atoms with Gasteiger partial charge < -0.3 is 9.84 Å². The fourth-order valence-corrected chi connectivity index (χ4v) is 2.09. The summed E-state index contributed by atoms with van der Waals surface area (Å²) in [5.41, 5.74) is -0.437. The molecule has 0 amide bonds. The summed E-state index contributed by atoms with van der Waals surface area (Å²) in [4.78, 5) is 33.5. The lowest BCUT2D eigenvalue weighted by Gasteiger charge is -2.10. The number of ether oxygens (including phenoxy) is 1. The summed E-state index contributed by atoms with van der Waals surface area (Å²) in [7, 11) is 0. The first-order chi connectivity index (χ1) is 12.2. The number of rotatable bonds is 7. The normalized spacial score (nSPS) is 11.0. The summed E-state index contributed by atoms with van der Waals surface area (Å²) in [5.74, 6) is -3.42. The summed E-state index contributed by atoms with van der Waals surface area (Å²) in [6.07, 6.45) is -5.24. The minimum absolute atomic E-state index is 0.0705. The van der Waals surface area contributed by atoms with Crippen molar-refractivity contribution >= 4 is 17.5 Å². The number of carboxylic acid groups (broad SMARTS) is 1. The molecule has 0 aliphatic heterocycles. The highest BCUT2D eigenvalue weighted by Crippen LogP contribution is 2.29. The first-order valence-corrected chi connectivity index (χ1v) is 7.35. The number of hydrogen-bond donors (Lipinski definition) is 1. The third kappa shape index (κ3) is 5.17. The van der Waals surface area contributed by atoms with Crippen LogP contribution < -0.4 is 4.74 Å². The Balaban J connectivity index is 2.06. The highest BCUT2D eigenvalue weighted by molar-refractivity contribution is 6.37. The number of aliphatic carboxylic acids is 1. The molecular weight excluding hydrogens is 353 g/mol. The molecule has 0 aromatic heterocycles. The molecule has 1 N–H and O–H groups in total. The molecule has 2 aromatic carbocycles. The van der Waals surface area contributed by atoms with Crippen LogP contribution in [0.15, 0.2) is 48.5 Å². The van der Waals surface area contributed by atoms with E-state index in [4.69, 9.17) is 9.84 Å². The smallest absolute Gasteiger partial charge is 0.416 e. The second kappa shape index (κ2) is 7.81. The van der Waals surface area contributed by atoms with Gasteiger partial charge in [0.15, 0.2) is 5.78 Å². The zero-order valence-corrected chi connectivity index (χ0v) is 13.2. The minimum atomic E-state index is -4.46. The molecule has 0 aliphatic carbocycles. The lowest BCUT2D eigenvalue weighted by Crippen LogP contribution is -2.17. The van der Waals surface area contributed by atoms with Crippen LogP contribution in [0.2, 0.25) is 0 Å². The zero-order valence-electron chi connectivity index (χ0n) is 13.2. The van der Waals surface area contributed by atoms with E-state index >= 15 is 0 Å². The maximum absolute atomic E-state index is 12.7. The van der Waals surface area contributed by atoms with Gasteiger partial charge in [0.2, 0.25) is 5.78 Å². The standard InChI is InChI=1S/C18H13F3O5/c19-18(20,21)13-5-1-3-11(7-13)10-26-14-6-2-4-12(8-14)15(22)9-16(23)17(24)25/h1-8H,9-10H2,(H,24,25). The summed E-state index contributed by atoms with van der Waals surface area (Å²) in [6, 6.07) is 10.3. The van der Waals surface area contributed by atoms with Crippen LogP contribution in [-0.4, -0.2) is 22.6 Å². The first-order valence-electron chi connectivity index (χ1n) is 7.35. The second-order valence-corrected chi connectivity index (χ2v) is 5.34. The molecule has 0 unspecified atom stereocenters. The van der Waals surface area contributed by atoms with Crippen LogP contribution in [0, 0.1) is 0 Å². The molecule has 0 bridgehead atoms. The molecule has 0 atom stereocenters. The minimum Gasteiger partial charge on any atom is -0.489 e. The molecular formula is C18H13F3O5. The van der Waals surface area contributed by atoms with E-state index in [2.05, 4.69) is 0 Å². The Kier molecular flexibility index (Phi) is 5.76. The molecule has 0 saturated carbocycles. The highest BCUT2D eigenvalue weighted by Gasteiger charge is 2.30. The van der Waals surface area contributed by atoms with Crippen LogP contribution >= 0.6 is 0 Å². The number of benzene rings is 2. The molecule has 0 spiro atoms. The maximum atomic E-state index is 12.7. The molecule has 2 rings (SSSR count). The van der Waals surface area contributed by atoms with E-state index in [1.807, 2.05) is 0 Å². The van der Waals surface area contributed by atoms with Gasteiger partial charge in [0.25, 0.3) is 0 Å². The van der Waals surface area contributed by atoms with Gasteiger partial charge in [-0.2, -0.15) is 13.2 Å². The van der Waals surface area contributed by atoms with Crippen LogP contribution in [0.4, 0.5) is 13.2 Å². The van der Waals surface area contributed by atoms with Gasteiger partial charge in [-0.25, -0.2) is 4.79 Å². The van der Waals surface area contributed by atoms with E-state index < -0.39 is 35.7 Å². The Bertz CT molecular complexity index is 843. The Morgan fingerprint density at radius 2 is 1.69 bits per heavy atom. The molecule has 0 radical (unpaired) electrons. The van der Waals surface area contributed by atoms with Gasteiger partial charge in [-0.15, -0.1) is 0 Å². The first kappa shape index (κ1) is 19.2. The largest absolute Gasteiger partial charge is 0.489 e. The van der Waals surface area contributed by atoms with Gasteiger partial charge in [0, 0.05) is 5.56 Å². The van der Waals surface area contributed by atoms with Crippen molar-refractivity contribution in [2.24, 2.45) is 0 Å². The number of carbonyl (C=O) groups excluding carboxylic acids is 2. The number of carbonyl (C=O) groups is 3. The number of ketones is 2. The topological polar surface area (TPSA) is 80.7 Å². The average Bonchev–Trinajstić information content (AvgIpc) is 2.59. The van der Waals surface area contributed by atoms with Crippen molar-refractivity contribution in [3.05, 3.63) is 65.2 Å². The van der Waals surface area contributed by atoms with E-state index in [1.54, 1.807) is 0 Å². The molecule has 2 aromatic rings. The fraction of sp³-hybridized carbons (Fsp3) is 0.167. The van der Waals surface area contributed by atoms with Crippen LogP contribution in [0.5, 0.6) is 5.75 Å². The Morgan fingerprint density at radius 1 is 1.00 bits per heavy atom. The maximum Gasteiger partial charge on any atom is 0.416 e. The third-order valence-electron chi connectivity index (χ3n) is 3.38. The van der Waals surface area contributed by atoms with Crippen molar-refractivity contribution in [3.8, 4) is 5.75 Å². The van der Waals surface area contributed by atoms with E-state index in [-0.39, 0.29) is 23.5 Å². The number of alkyl halides is 3. The molecule has 136 valence electrons. The van der Waals surface area contributed by atoms with Crippen molar-refractivity contribution in [1.82, 2.24) is 0 Å². The van der Waals surface area contributed by atoms with E-state index in [0.717, 1.165) is 12.1 Å². The number of halogens is 3. The van der Waals surface area contributed by atoms with Crippen LogP contribution in [0.25, 0.3) is 0 Å². The molecule has 0 fully saturated rings. The summed E-state index contributed by atoms with van der Waals surface area (Å²) in [5, 5.41) is 8.52. The second-order valence-electron chi connectivity index (χ2n) is 5.34. The Hall–Kier alpha value is -3.16. The third-order valence-corrected chi connectivity index (χ3v) is 3.38. The van der Waals surface area contributed by atoms with E-state index in [9.17, 15) is 27.6 Å². The Labute approximate surface area is 146 Å². The molecule has 5 nitrogen and oxygen atoms in total. The molecule has 8 heteroatoms. The molecule has 0 aliphatic rings. The molecule has 26 heavy (non-hydrogen) atoms. The predicted octanol–water partition coefficient (Wildman–Crippen LogP) is 3.51. The monoisotopic (exact) mass is 366 g/mol. The van der Waals surface area contributed by atoms with Gasteiger partial charge in [0.1, 0.15) is 12.4 Å². The number of hydrogen-bond acceptors (Lipinski definition) is 4. The van der Waals surface area contributed by atoms with Crippen LogP contribution in [0.1, 0.15) is 27.9 Å². The van der Waals surface area contributed by atoms with Crippen LogP contribution in [0.3, 0.4) is 0 Å². The zero-order chi connectivity index (χ0) is 19.3. The quantitative estimate of drug-likeness (QED) is 0.461. The van der Waals surface area contributed by atoms with Crippen molar-refractivity contribution in [2.45, 2.75) is 19.2 Å². The van der Waals surface area contributed by atoms with Gasteiger partial charge >= 0.3 is 12.1 Å². The summed E-state index contributed by atoms with van der Waals surface area (Å²) < 4.78 is 43.4. The SMILES string of the molecule is O=C(O)C(=O)CC(=O)c1cccc(OCc2cccc(C(F)(F)F)c2)c1. The van der Waals surface area contributed by atoms with Crippen molar-refractivity contribution in [3.63, 3.8) is 0 Å². The molecule has 0 saturated heterocycles. The lowest BCUT2D eigenvalue weighted by molar-refractivity contribution is -0.148. The van der Waals surface area contributed by atoms with Crippen LogP contribution in [-0.2, 0) is 22.4 Å². The van der Waals surface area contributed by atoms with Crippen molar-refractivity contribution < 1.29 is 37.4 Å². The summed E-state index contributed by atoms with van der Waals surface area (Å²) in [6.45, 7) is -0.157. The highest BCUT2D eigenvalue weighted by atomic mass is 19.4. The van der Waals surface area contributed by atoms with Gasteiger partial charge in [-0.1, -0.05) is 24.3 Å². The van der Waals surface area contributed by atoms with E-state index in [0.29, 0.717) is 0 Å². The van der Waals surface area contributed by atoms with Gasteiger partial charge in [0.05, 0.1) is 12.0 Å².